The number of carbonyl (C=O) groups is 8. The molecule has 3 aliphatic heterocycles. The van der Waals surface area contributed by atoms with E-state index in [2.05, 4.69) is 0 Å². The van der Waals surface area contributed by atoms with Gasteiger partial charge in [-0.05, 0) is 0 Å². The summed E-state index contributed by atoms with van der Waals surface area (Å²) in [5.74, 6) is -6.37. The molecule has 0 aromatic carbocycles. The quantitative estimate of drug-likeness (QED) is 0.142. The van der Waals surface area contributed by atoms with E-state index in [0.717, 1.165) is 55.4 Å². The fourth-order valence-corrected chi connectivity index (χ4v) is 5.47. The Kier molecular flexibility index (Phi) is 15.2. The number of ether oxygens (including phenoxy) is 13. The lowest BCUT2D eigenvalue weighted by Crippen LogP contribution is -2.49. The van der Waals surface area contributed by atoms with Crippen molar-refractivity contribution in [3.8, 4) is 0 Å². The van der Waals surface area contributed by atoms with Gasteiger partial charge in [0.2, 0.25) is 6.29 Å². The van der Waals surface area contributed by atoms with Gasteiger partial charge in [-0.2, -0.15) is 0 Å². The summed E-state index contributed by atoms with van der Waals surface area (Å²) >= 11 is 0. The van der Waals surface area contributed by atoms with E-state index in [4.69, 9.17) is 61.6 Å². The van der Waals surface area contributed by atoms with Crippen molar-refractivity contribution in [3.63, 3.8) is 0 Å². The third-order valence-electron chi connectivity index (χ3n) is 7.23. The number of rotatable bonds is 15. The van der Waals surface area contributed by atoms with Gasteiger partial charge in [-0.15, -0.1) is 0 Å². The first-order chi connectivity index (χ1) is 24.4. The van der Waals surface area contributed by atoms with Crippen LogP contribution in [0.1, 0.15) is 55.4 Å². The molecule has 0 aromatic rings. The van der Waals surface area contributed by atoms with Crippen LogP contribution >= 0.6 is 0 Å². The van der Waals surface area contributed by atoms with Crippen LogP contribution in [0.15, 0.2) is 0 Å². The second kappa shape index (κ2) is 18.9. The van der Waals surface area contributed by atoms with Gasteiger partial charge < -0.3 is 61.6 Å². The standard InChI is InChI=1S/C31H42O21/c1-12(32)40-9-20-23(43-15(4)35)26(45-17(6)37)30(49-20)52-28-24(44-16(5)36)21(10-41-13(2)33)50-31(28)51-25-22(11-42-14(3)34)48-29(47-19(8)39)27(25)46-18(7)38/h20-31H,9-11H2,1-8H3/t20-,21-,22-,23-,24-,25-,26-,27-,28-,29-,30-,31-/m1/s1. The van der Waals surface area contributed by atoms with Gasteiger partial charge >= 0.3 is 47.8 Å². The summed E-state index contributed by atoms with van der Waals surface area (Å²) in [5.41, 5.74) is 0. The van der Waals surface area contributed by atoms with Crippen LogP contribution in [-0.2, 0) is 99.9 Å². The Morgan fingerprint density at radius 3 is 1.02 bits per heavy atom. The molecule has 0 spiro atoms. The first kappa shape index (κ1) is 42.0. The highest BCUT2D eigenvalue weighted by molar-refractivity contribution is 5.69. The third kappa shape index (κ3) is 12.1. The topological polar surface area (TPSA) is 257 Å². The summed E-state index contributed by atoms with van der Waals surface area (Å²) in [6.45, 7) is 7.17. The Bertz CT molecular complexity index is 1350. The fraction of sp³-hybridized carbons (Fsp3) is 0.742. The molecular weight excluding hydrogens is 708 g/mol. The molecule has 21 nitrogen and oxygen atoms in total. The van der Waals surface area contributed by atoms with E-state index >= 15 is 0 Å². The predicted molar refractivity (Wildman–Crippen MR) is 160 cm³/mol. The molecular formula is C31H42O21. The van der Waals surface area contributed by atoms with E-state index in [1.807, 2.05) is 0 Å². The highest BCUT2D eigenvalue weighted by Gasteiger charge is 2.59. The Labute approximate surface area is 296 Å². The molecule has 0 radical (unpaired) electrons. The molecule has 0 amide bonds. The lowest BCUT2D eigenvalue weighted by atomic mass is 10.1. The van der Waals surface area contributed by atoms with Crippen LogP contribution in [0, 0.1) is 0 Å². The van der Waals surface area contributed by atoms with Crippen molar-refractivity contribution in [3.05, 3.63) is 0 Å². The molecule has 0 aliphatic carbocycles. The number of carbonyl (C=O) groups excluding carboxylic acids is 8. The molecule has 3 heterocycles. The number of esters is 8. The Balaban J connectivity index is 2.09. The van der Waals surface area contributed by atoms with E-state index in [9.17, 15) is 38.4 Å². The minimum Gasteiger partial charge on any atom is -0.463 e. The zero-order chi connectivity index (χ0) is 38.9. The van der Waals surface area contributed by atoms with Crippen LogP contribution in [0.25, 0.3) is 0 Å². The molecule has 3 rings (SSSR count). The maximum absolute atomic E-state index is 12.4. The molecule has 3 fully saturated rings. The van der Waals surface area contributed by atoms with Gasteiger partial charge in [-0.1, -0.05) is 0 Å². The minimum atomic E-state index is -1.69. The van der Waals surface area contributed by atoms with E-state index in [-0.39, 0.29) is 0 Å². The second-order valence-corrected chi connectivity index (χ2v) is 11.6. The van der Waals surface area contributed by atoms with Crippen molar-refractivity contribution < 1.29 is 99.9 Å². The van der Waals surface area contributed by atoms with E-state index in [1.165, 1.54) is 0 Å². The normalized spacial score (nSPS) is 32.2. The summed E-state index contributed by atoms with van der Waals surface area (Å²) in [4.78, 5) is 95.8. The first-order valence-corrected chi connectivity index (χ1v) is 15.9. The molecule has 0 unspecified atom stereocenters. The van der Waals surface area contributed by atoms with Crippen LogP contribution in [0.4, 0.5) is 0 Å². The summed E-state index contributed by atoms with van der Waals surface area (Å²) in [6.07, 6.45) is -17.6. The third-order valence-corrected chi connectivity index (χ3v) is 7.23. The predicted octanol–water partition coefficient (Wildman–Crippen LogP) is -1.09. The minimum absolute atomic E-state index is 0.479. The van der Waals surface area contributed by atoms with Crippen molar-refractivity contribution in [1.82, 2.24) is 0 Å². The molecule has 0 bridgehead atoms. The number of hydrogen-bond donors (Lipinski definition) is 0. The van der Waals surface area contributed by atoms with Gasteiger partial charge in [0, 0.05) is 55.4 Å². The Morgan fingerprint density at radius 2 is 0.635 bits per heavy atom. The average Bonchev–Trinajstić information content (AvgIpc) is 3.60. The van der Waals surface area contributed by atoms with Crippen molar-refractivity contribution in [2.24, 2.45) is 0 Å². The Morgan fingerprint density at radius 1 is 0.346 bits per heavy atom. The molecule has 52 heavy (non-hydrogen) atoms. The Hall–Kier alpha value is -4.44. The van der Waals surface area contributed by atoms with Crippen molar-refractivity contribution in [2.75, 3.05) is 19.8 Å². The van der Waals surface area contributed by atoms with Gasteiger partial charge in [-0.25, -0.2) is 0 Å². The monoisotopic (exact) mass is 750 g/mol. The summed E-state index contributed by atoms with van der Waals surface area (Å²) in [6, 6.07) is 0. The molecule has 3 aliphatic rings. The molecule has 292 valence electrons. The fourth-order valence-electron chi connectivity index (χ4n) is 5.47. The number of hydrogen-bond acceptors (Lipinski definition) is 21. The molecule has 0 aromatic heterocycles. The molecule has 0 N–H and O–H groups in total. The maximum atomic E-state index is 12.4. The van der Waals surface area contributed by atoms with Gasteiger partial charge in [0.1, 0.15) is 44.2 Å². The first-order valence-electron chi connectivity index (χ1n) is 15.9. The maximum Gasteiger partial charge on any atom is 0.305 e. The second-order valence-electron chi connectivity index (χ2n) is 11.6. The molecule has 12 atom stereocenters. The average molecular weight is 751 g/mol. The van der Waals surface area contributed by atoms with E-state index < -0.39 is 141 Å². The molecule has 21 heteroatoms. The van der Waals surface area contributed by atoms with Crippen LogP contribution in [0.3, 0.4) is 0 Å². The van der Waals surface area contributed by atoms with Gasteiger partial charge in [0.15, 0.2) is 43.1 Å². The SMILES string of the molecule is CC(=O)OC[C@H]1O[C@H](O[C@H]2[C@@H](O[C@H]3[C@@H](OC(C)=O)[C@H](OC(C)=O)O[C@@H]3COC(C)=O)O[C@H](COC(C)=O)[C@H]2OC(C)=O)[C@H](OC(C)=O)[C@@H]1OC(C)=O. The smallest absolute Gasteiger partial charge is 0.305 e. The largest absolute Gasteiger partial charge is 0.463 e. The van der Waals surface area contributed by atoms with Crippen molar-refractivity contribution in [2.45, 2.75) is 129 Å². The van der Waals surface area contributed by atoms with Crippen LogP contribution in [0.2, 0.25) is 0 Å². The van der Waals surface area contributed by atoms with Crippen molar-refractivity contribution in [1.29, 1.82) is 0 Å². The van der Waals surface area contributed by atoms with Gasteiger partial charge in [0.05, 0.1) is 0 Å². The molecule has 3 saturated heterocycles. The van der Waals surface area contributed by atoms with Gasteiger partial charge in [-0.3, -0.25) is 38.4 Å². The zero-order valence-corrected chi connectivity index (χ0v) is 29.6. The van der Waals surface area contributed by atoms with E-state index in [0.29, 0.717) is 0 Å². The molecule has 0 saturated carbocycles. The lowest BCUT2D eigenvalue weighted by molar-refractivity contribution is -0.267. The van der Waals surface area contributed by atoms with E-state index in [1.54, 1.807) is 0 Å². The summed E-state index contributed by atoms with van der Waals surface area (Å²) in [5, 5.41) is 0. The highest BCUT2D eigenvalue weighted by atomic mass is 16.8. The van der Waals surface area contributed by atoms with Crippen LogP contribution in [0.5, 0.6) is 0 Å². The summed E-state index contributed by atoms with van der Waals surface area (Å²) in [7, 11) is 0. The van der Waals surface area contributed by atoms with Crippen LogP contribution in [-0.4, -0.2) is 141 Å². The summed E-state index contributed by atoms with van der Waals surface area (Å²) < 4.78 is 72.4. The zero-order valence-electron chi connectivity index (χ0n) is 29.6. The van der Waals surface area contributed by atoms with Gasteiger partial charge in [0.25, 0.3) is 0 Å². The lowest BCUT2D eigenvalue weighted by Gasteiger charge is -2.31. The highest BCUT2D eigenvalue weighted by Crippen LogP contribution is 2.38. The van der Waals surface area contributed by atoms with Crippen LogP contribution < -0.4 is 0 Å². The van der Waals surface area contributed by atoms with Crippen molar-refractivity contribution >= 4 is 47.8 Å².